The molecule has 1 atom stereocenters. The van der Waals surface area contributed by atoms with Gasteiger partial charge in [-0.3, -0.25) is 9.69 Å². The molecule has 5 heteroatoms. The molecule has 1 aromatic carbocycles. The van der Waals surface area contributed by atoms with Crippen molar-refractivity contribution in [3.63, 3.8) is 0 Å². The normalized spacial score (nSPS) is 19.0. The lowest BCUT2D eigenvalue weighted by atomic mass is 10.0. The molecule has 1 saturated heterocycles. The zero-order valence-electron chi connectivity index (χ0n) is 12.7. The Labute approximate surface area is 137 Å². The summed E-state index contributed by atoms with van der Waals surface area (Å²) >= 11 is 1.82. The summed E-state index contributed by atoms with van der Waals surface area (Å²) in [5.74, 6) is 0.285. The summed E-state index contributed by atoms with van der Waals surface area (Å²) < 4.78 is 0. The van der Waals surface area contributed by atoms with E-state index in [1.807, 2.05) is 11.8 Å². The molecular weight excluding hydrogens is 306 g/mol. The first-order chi connectivity index (χ1) is 9.58. The van der Waals surface area contributed by atoms with Gasteiger partial charge < -0.3 is 5.11 Å². The number of hydrogen-bond donors (Lipinski definition) is 1. The number of likely N-dealkylation sites (tertiary alicyclic amines) is 1. The van der Waals surface area contributed by atoms with Crippen LogP contribution in [0.2, 0.25) is 0 Å². The van der Waals surface area contributed by atoms with Gasteiger partial charge in [0.05, 0.1) is 0 Å². The number of aliphatic carboxylic acids is 1. The van der Waals surface area contributed by atoms with Gasteiger partial charge in [-0.25, -0.2) is 0 Å². The summed E-state index contributed by atoms with van der Waals surface area (Å²) in [7, 11) is 0. The molecule has 0 bridgehead atoms. The van der Waals surface area contributed by atoms with Crippen molar-refractivity contribution >= 4 is 30.1 Å². The standard InChI is InChI=1S/C16H23NO2S.ClH/c1-12-6-7-14(11-13(12)2)20-10-9-17-8-4-3-5-15(17)16(18)19;/h6-7,11,15H,3-5,8-10H2,1-2H3,(H,18,19);1H. The summed E-state index contributed by atoms with van der Waals surface area (Å²) in [4.78, 5) is 14.6. The van der Waals surface area contributed by atoms with Crippen LogP contribution in [0.15, 0.2) is 23.1 Å². The van der Waals surface area contributed by atoms with E-state index < -0.39 is 5.97 Å². The van der Waals surface area contributed by atoms with Gasteiger partial charge >= 0.3 is 5.97 Å². The summed E-state index contributed by atoms with van der Waals surface area (Å²) in [5.41, 5.74) is 2.63. The molecule has 21 heavy (non-hydrogen) atoms. The van der Waals surface area contributed by atoms with E-state index in [4.69, 9.17) is 0 Å². The Morgan fingerprint density at radius 2 is 2.10 bits per heavy atom. The number of halogens is 1. The van der Waals surface area contributed by atoms with Crippen LogP contribution in [0.5, 0.6) is 0 Å². The van der Waals surface area contributed by atoms with Gasteiger partial charge in [0.2, 0.25) is 0 Å². The van der Waals surface area contributed by atoms with E-state index in [-0.39, 0.29) is 18.4 Å². The zero-order chi connectivity index (χ0) is 14.5. The number of piperidine rings is 1. The second kappa shape index (κ2) is 8.66. The minimum Gasteiger partial charge on any atom is -0.480 e. The average molecular weight is 330 g/mol. The Kier molecular flexibility index (Phi) is 7.57. The zero-order valence-corrected chi connectivity index (χ0v) is 14.3. The fraction of sp³-hybridized carbons (Fsp3) is 0.562. The van der Waals surface area contributed by atoms with Crippen LogP contribution in [-0.4, -0.2) is 40.9 Å². The van der Waals surface area contributed by atoms with Gasteiger partial charge in [0.15, 0.2) is 0 Å². The molecule has 0 aliphatic carbocycles. The highest BCUT2D eigenvalue weighted by Gasteiger charge is 2.27. The maximum atomic E-state index is 11.2. The molecule has 1 fully saturated rings. The maximum absolute atomic E-state index is 11.2. The van der Waals surface area contributed by atoms with Gasteiger partial charge in [0, 0.05) is 17.2 Å². The molecule has 1 aromatic rings. The number of rotatable bonds is 5. The van der Waals surface area contributed by atoms with E-state index in [1.54, 1.807) is 0 Å². The monoisotopic (exact) mass is 329 g/mol. The minimum absolute atomic E-state index is 0. The van der Waals surface area contributed by atoms with Crippen molar-refractivity contribution in [2.24, 2.45) is 0 Å². The molecule has 1 aliphatic heterocycles. The number of benzene rings is 1. The predicted octanol–water partition coefficient (Wildman–Crippen LogP) is 3.76. The van der Waals surface area contributed by atoms with E-state index in [1.165, 1.54) is 16.0 Å². The summed E-state index contributed by atoms with van der Waals surface area (Å²) in [6, 6.07) is 6.24. The molecule has 1 heterocycles. The molecule has 0 radical (unpaired) electrons. The van der Waals surface area contributed by atoms with Gasteiger partial charge in [0.25, 0.3) is 0 Å². The third-order valence-corrected chi connectivity index (χ3v) is 5.00. The van der Waals surface area contributed by atoms with Crippen molar-refractivity contribution in [3.8, 4) is 0 Å². The van der Waals surface area contributed by atoms with E-state index in [0.717, 1.165) is 38.1 Å². The molecule has 2 rings (SSSR count). The molecule has 1 N–H and O–H groups in total. The van der Waals surface area contributed by atoms with Crippen molar-refractivity contribution in [1.82, 2.24) is 4.90 Å². The van der Waals surface area contributed by atoms with Crippen LogP contribution in [0.3, 0.4) is 0 Å². The Hall–Kier alpha value is -0.710. The fourth-order valence-electron chi connectivity index (χ4n) is 2.62. The van der Waals surface area contributed by atoms with Gasteiger partial charge in [-0.2, -0.15) is 0 Å². The second-order valence-electron chi connectivity index (χ2n) is 5.48. The minimum atomic E-state index is -0.666. The highest BCUT2D eigenvalue weighted by molar-refractivity contribution is 7.99. The second-order valence-corrected chi connectivity index (χ2v) is 6.65. The number of nitrogens with zero attached hydrogens (tertiary/aromatic N) is 1. The van der Waals surface area contributed by atoms with Gasteiger partial charge in [0.1, 0.15) is 6.04 Å². The van der Waals surface area contributed by atoms with Gasteiger partial charge in [-0.1, -0.05) is 12.5 Å². The van der Waals surface area contributed by atoms with Crippen molar-refractivity contribution in [1.29, 1.82) is 0 Å². The highest BCUT2D eigenvalue weighted by atomic mass is 35.5. The van der Waals surface area contributed by atoms with E-state index >= 15 is 0 Å². The van der Waals surface area contributed by atoms with Crippen molar-refractivity contribution in [2.45, 2.75) is 44.0 Å². The highest BCUT2D eigenvalue weighted by Crippen LogP contribution is 2.23. The number of aryl methyl sites for hydroxylation is 2. The third-order valence-electron chi connectivity index (χ3n) is 4.02. The first kappa shape index (κ1) is 18.3. The number of thioether (sulfide) groups is 1. The lowest BCUT2D eigenvalue weighted by Crippen LogP contribution is -2.45. The van der Waals surface area contributed by atoms with E-state index in [2.05, 4.69) is 36.9 Å². The topological polar surface area (TPSA) is 40.5 Å². The van der Waals surface area contributed by atoms with E-state index in [9.17, 15) is 9.90 Å². The Morgan fingerprint density at radius 3 is 2.76 bits per heavy atom. The van der Waals surface area contributed by atoms with Crippen LogP contribution in [0, 0.1) is 13.8 Å². The van der Waals surface area contributed by atoms with E-state index in [0.29, 0.717) is 0 Å². The molecular formula is C16H24ClNO2S. The Balaban J connectivity index is 0.00000220. The third kappa shape index (κ3) is 5.20. The largest absolute Gasteiger partial charge is 0.480 e. The average Bonchev–Trinajstić information content (AvgIpc) is 2.43. The van der Waals surface area contributed by atoms with Crippen LogP contribution < -0.4 is 0 Å². The molecule has 1 aliphatic rings. The SMILES string of the molecule is Cc1ccc(SCCN2CCCCC2C(=O)O)cc1C.Cl. The van der Waals surface area contributed by atoms with Crippen molar-refractivity contribution in [2.75, 3.05) is 18.8 Å². The molecule has 1 unspecified atom stereocenters. The molecule has 0 amide bonds. The maximum Gasteiger partial charge on any atom is 0.320 e. The number of hydrogen-bond acceptors (Lipinski definition) is 3. The Morgan fingerprint density at radius 1 is 1.33 bits per heavy atom. The van der Waals surface area contributed by atoms with Crippen LogP contribution >= 0.6 is 24.2 Å². The molecule has 0 spiro atoms. The van der Waals surface area contributed by atoms with Crippen molar-refractivity contribution < 1.29 is 9.90 Å². The summed E-state index contributed by atoms with van der Waals surface area (Å²) in [6.45, 7) is 6.03. The first-order valence-electron chi connectivity index (χ1n) is 7.25. The lowest BCUT2D eigenvalue weighted by molar-refractivity contribution is -0.144. The summed E-state index contributed by atoms with van der Waals surface area (Å²) in [6.07, 6.45) is 2.96. The summed E-state index contributed by atoms with van der Waals surface area (Å²) in [5, 5.41) is 9.24. The van der Waals surface area contributed by atoms with Crippen LogP contribution in [0.1, 0.15) is 30.4 Å². The molecule has 0 aromatic heterocycles. The predicted molar refractivity (Wildman–Crippen MR) is 90.7 cm³/mol. The molecule has 3 nitrogen and oxygen atoms in total. The van der Waals surface area contributed by atoms with Crippen LogP contribution in [-0.2, 0) is 4.79 Å². The number of carbonyl (C=O) groups is 1. The fourth-order valence-corrected chi connectivity index (χ4v) is 3.61. The lowest BCUT2D eigenvalue weighted by Gasteiger charge is -2.32. The quantitative estimate of drug-likeness (QED) is 0.835. The van der Waals surface area contributed by atoms with Crippen molar-refractivity contribution in [3.05, 3.63) is 29.3 Å². The van der Waals surface area contributed by atoms with Gasteiger partial charge in [-0.15, -0.1) is 24.2 Å². The van der Waals surface area contributed by atoms with Crippen LogP contribution in [0.25, 0.3) is 0 Å². The number of carboxylic acid groups (broad SMARTS) is 1. The number of carboxylic acids is 1. The first-order valence-corrected chi connectivity index (χ1v) is 8.23. The molecule has 0 saturated carbocycles. The molecule has 118 valence electrons. The Bertz CT molecular complexity index is 481. The van der Waals surface area contributed by atoms with Gasteiger partial charge in [-0.05, 0) is 56.5 Å². The van der Waals surface area contributed by atoms with Crippen LogP contribution in [0.4, 0.5) is 0 Å². The smallest absolute Gasteiger partial charge is 0.320 e.